The van der Waals surface area contributed by atoms with Crippen LogP contribution in [0.1, 0.15) is 19.4 Å². The quantitative estimate of drug-likeness (QED) is 0.734. The number of amides is 1. The van der Waals surface area contributed by atoms with Gasteiger partial charge in [-0.3, -0.25) is 4.79 Å². The monoisotopic (exact) mass is 342 g/mol. The average Bonchev–Trinajstić information content (AvgIpc) is 2.64. The maximum absolute atomic E-state index is 12.2. The lowest BCUT2D eigenvalue weighted by Crippen LogP contribution is -2.38. The first-order valence-electron chi connectivity index (χ1n) is 8.52. The molecule has 0 aliphatic carbocycles. The molecule has 0 saturated heterocycles. The summed E-state index contributed by atoms with van der Waals surface area (Å²) in [6.45, 7) is 5.03. The normalized spacial score (nSPS) is 11.5. The van der Waals surface area contributed by atoms with Gasteiger partial charge >= 0.3 is 0 Å². The first-order valence-corrected chi connectivity index (χ1v) is 8.52. The van der Waals surface area contributed by atoms with E-state index in [4.69, 9.17) is 9.47 Å². The van der Waals surface area contributed by atoms with Crippen LogP contribution in [0, 0.1) is 0 Å². The van der Waals surface area contributed by atoms with Crippen molar-refractivity contribution < 1.29 is 14.3 Å². The Labute approximate surface area is 149 Å². The van der Waals surface area contributed by atoms with Crippen LogP contribution in [0.2, 0.25) is 0 Å². The number of hydrogen-bond donors (Lipinski definition) is 2. The van der Waals surface area contributed by atoms with E-state index in [0.717, 1.165) is 29.2 Å². The number of ether oxygens (including phenoxy) is 2. The molecule has 2 N–H and O–H groups in total. The second-order valence-electron chi connectivity index (χ2n) is 5.71. The van der Waals surface area contributed by atoms with Crippen LogP contribution in [0.15, 0.2) is 48.5 Å². The average molecular weight is 342 g/mol. The Morgan fingerprint density at radius 2 is 1.68 bits per heavy atom. The van der Waals surface area contributed by atoms with E-state index in [0.29, 0.717) is 13.2 Å². The highest BCUT2D eigenvalue weighted by molar-refractivity contribution is 5.84. The van der Waals surface area contributed by atoms with Crippen molar-refractivity contribution in [3.63, 3.8) is 0 Å². The van der Waals surface area contributed by atoms with Gasteiger partial charge in [-0.25, -0.2) is 0 Å². The molecule has 0 bridgehead atoms. The molecule has 0 fully saturated rings. The minimum absolute atomic E-state index is 0.0256. The van der Waals surface area contributed by atoms with Crippen molar-refractivity contribution in [2.24, 2.45) is 0 Å². The van der Waals surface area contributed by atoms with Crippen molar-refractivity contribution in [1.29, 1.82) is 0 Å². The van der Waals surface area contributed by atoms with Gasteiger partial charge in [-0.15, -0.1) is 0 Å². The molecule has 1 amide bonds. The lowest BCUT2D eigenvalue weighted by Gasteiger charge is -2.15. The Balaban J connectivity index is 1.75. The lowest BCUT2D eigenvalue weighted by atomic mass is 10.1. The zero-order chi connectivity index (χ0) is 18.1. The summed E-state index contributed by atoms with van der Waals surface area (Å²) in [6, 6.07) is 15.1. The fourth-order valence-electron chi connectivity index (χ4n) is 2.40. The Morgan fingerprint density at radius 3 is 2.28 bits per heavy atom. The molecular weight excluding hydrogens is 316 g/mol. The van der Waals surface area contributed by atoms with E-state index in [1.54, 1.807) is 7.11 Å². The van der Waals surface area contributed by atoms with Crippen molar-refractivity contribution in [2.75, 3.05) is 25.6 Å². The third-order valence-corrected chi connectivity index (χ3v) is 3.81. The Morgan fingerprint density at radius 1 is 1.04 bits per heavy atom. The smallest absolute Gasteiger partial charge is 0.242 e. The number of benzene rings is 2. The van der Waals surface area contributed by atoms with E-state index in [1.807, 2.05) is 62.4 Å². The molecule has 5 nitrogen and oxygen atoms in total. The molecule has 0 heterocycles. The molecule has 0 aliphatic heterocycles. The van der Waals surface area contributed by atoms with E-state index in [9.17, 15) is 4.79 Å². The summed E-state index contributed by atoms with van der Waals surface area (Å²) in [6.07, 6.45) is 0.783. The van der Waals surface area contributed by atoms with Gasteiger partial charge in [0.15, 0.2) is 0 Å². The van der Waals surface area contributed by atoms with Crippen LogP contribution in [0.5, 0.6) is 11.5 Å². The standard InChI is InChI=1S/C20H26N2O3/c1-4-25-19-11-7-17(8-12-19)22-15(2)20(23)21-14-13-16-5-9-18(24-3)10-6-16/h5-12,15,22H,4,13-14H2,1-3H3,(H,21,23). The molecule has 0 saturated carbocycles. The van der Waals surface area contributed by atoms with E-state index >= 15 is 0 Å². The summed E-state index contributed by atoms with van der Waals surface area (Å²) in [5, 5.41) is 6.14. The van der Waals surface area contributed by atoms with Crippen molar-refractivity contribution in [2.45, 2.75) is 26.3 Å². The fraction of sp³-hybridized carbons (Fsp3) is 0.350. The summed E-state index contributed by atoms with van der Waals surface area (Å²) in [5.41, 5.74) is 2.05. The maximum Gasteiger partial charge on any atom is 0.242 e. The zero-order valence-electron chi connectivity index (χ0n) is 15.0. The van der Waals surface area contributed by atoms with Gasteiger partial charge in [0, 0.05) is 12.2 Å². The van der Waals surface area contributed by atoms with Crippen molar-refractivity contribution in [3.05, 3.63) is 54.1 Å². The van der Waals surface area contributed by atoms with Gasteiger partial charge in [-0.1, -0.05) is 12.1 Å². The molecule has 1 unspecified atom stereocenters. The Hall–Kier alpha value is -2.69. The highest BCUT2D eigenvalue weighted by Crippen LogP contribution is 2.16. The number of carbonyl (C=O) groups excluding carboxylic acids is 1. The third-order valence-electron chi connectivity index (χ3n) is 3.81. The van der Waals surface area contributed by atoms with Crippen molar-refractivity contribution in [3.8, 4) is 11.5 Å². The second kappa shape index (κ2) is 9.57. The summed E-state index contributed by atoms with van der Waals surface area (Å²) in [4.78, 5) is 12.2. The minimum Gasteiger partial charge on any atom is -0.497 e. The van der Waals surface area contributed by atoms with Gasteiger partial charge in [-0.2, -0.15) is 0 Å². The van der Waals surface area contributed by atoms with Gasteiger partial charge < -0.3 is 20.1 Å². The Kier molecular flexibility index (Phi) is 7.14. The first-order chi connectivity index (χ1) is 12.1. The van der Waals surface area contributed by atoms with Crippen LogP contribution in [0.25, 0.3) is 0 Å². The van der Waals surface area contributed by atoms with Crippen LogP contribution < -0.4 is 20.1 Å². The van der Waals surface area contributed by atoms with E-state index < -0.39 is 0 Å². The van der Waals surface area contributed by atoms with Crippen molar-refractivity contribution >= 4 is 11.6 Å². The number of rotatable bonds is 9. The largest absolute Gasteiger partial charge is 0.497 e. The van der Waals surface area contributed by atoms with E-state index in [2.05, 4.69) is 10.6 Å². The van der Waals surface area contributed by atoms with Crippen LogP contribution in [-0.4, -0.2) is 32.2 Å². The highest BCUT2D eigenvalue weighted by Gasteiger charge is 2.11. The molecule has 2 aromatic carbocycles. The molecule has 2 rings (SSSR count). The van der Waals surface area contributed by atoms with E-state index in [1.165, 1.54) is 0 Å². The van der Waals surface area contributed by atoms with E-state index in [-0.39, 0.29) is 11.9 Å². The predicted molar refractivity (Wildman–Crippen MR) is 100 cm³/mol. The summed E-state index contributed by atoms with van der Waals surface area (Å²) in [7, 11) is 1.65. The van der Waals surface area contributed by atoms with Crippen LogP contribution in [-0.2, 0) is 11.2 Å². The van der Waals surface area contributed by atoms with Gasteiger partial charge in [0.1, 0.15) is 17.5 Å². The second-order valence-corrected chi connectivity index (χ2v) is 5.71. The summed E-state index contributed by atoms with van der Waals surface area (Å²) in [5.74, 6) is 1.63. The molecule has 2 aromatic rings. The number of anilines is 1. The van der Waals surface area contributed by atoms with Crippen molar-refractivity contribution in [1.82, 2.24) is 5.32 Å². The molecular formula is C20H26N2O3. The topological polar surface area (TPSA) is 59.6 Å². The third kappa shape index (κ3) is 6.03. The van der Waals surface area contributed by atoms with Crippen LogP contribution in [0.3, 0.4) is 0 Å². The molecule has 134 valence electrons. The Bertz CT molecular complexity index is 654. The number of nitrogens with one attached hydrogen (secondary N) is 2. The molecule has 0 aliphatic rings. The summed E-state index contributed by atoms with van der Waals surface area (Å²) < 4.78 is 10.5. The molecule has 1 atom stereocenters. The van der Waals surface area contributed by atoms with Gasteiger partial charge in [0.05, 0.1) is 13.7 Å². The first kappa shape index (κ1) is 18.6. The molecule has 0 spiro atoms. The summed E-state index contributed by atoms with van der Waals surface area (Å²) >= 11 is 0. The number of methoxy groups -OCH3 is 1. The lowest BCUT2D eigenvalue weighted by molar-refractivity contribution is -0.121. The van der Waals surface area contributed by atoms with Crippen LogP contribution >= 0.6 is 0 Å². The number of hydrogen-bond acceptors (Lipinski definition) is 4. The molecule has 25 heavy (non-hydrogen) atoms. The zero-order valence-corrected chi connectivity index (χ0v) is 15.0. The fourth-order valence-corrected chi connectivity index (χ4v) is 2.40. The number of carbonyl (C=O) groups is 1. The van der Waals surface area contributed by atoms with Gasteiger partial charge in [0.2, 0.25) is 5.91 Å². The predicted octanol–water partition coefficient (Wildman–Crippen LogP) is 3.25. The minimum atomic E-state index is -0.311. The maximum atomic E-state index is 12.2. The highest BCUT2D eigenvalue weighted by atomic mass is 16.5. The SMILES string of the molecule is CCOc1ccc(NC(C)C(=O)NCCc2ccc(OC)cc2)cc1. The van der Waals surface area contributed by atoms with Gasteiger partial charge in [-0.05, 0) is 62.2 Å². The van der Waals surface area contributed by atoms with Gasteiger partial charge in [0.25, 0.3) is 0 Å². The van der Waals surface area contributed by atoms with Crippen LogP contribution in [0.4, 0.5) is 5.69 Å². The molecule has 5 heteroatoms. The molecule has 0 radical (unpaired) electrons. The molecule has 0 aromatic heterocycles.